The molecular formula is C8H13N3O2S. The van der Waals surface area contributed by atoms with E-state index in [0.29, 0.717) is 11.1 Å². The lowest BCUT2D eigenvalue weighted by molar-refractivity contribution is -0.133. The third-order valence-corrected chi connectivity index (χ3v) is 2.71. The van der Waals surface area contributed by atoms with Gasteiger partial charge in [-0.2, -0.15) is 0 Å². The summed E-state index contributed by atoms with van der Waals surface area (Å²) in [6, 6.07) is 0. The van der Waals surface area contributed by atoms with Crippen molar-refractivity contribution in [2.45, 2.75) is 24.9 Å². The minimum absolute atomic E-state index is 0.0179. The fraction of sp³-hybridized carbons (Fsp3) is 0.625. The molecule has 14 heavy (non-hydrogen) atoms. The molecule has 1 rings (SSSR count). The molecule has 0 aliphatic carbocycles. The van der Waals surface area contributed by atoms with Crippen LogP contribution in [0.25, 0.3) is 0 Å². The predicted octanol–water partition coefficient (Wildman–Crippen LogP) is 1.12. The van der Waals surface area contributed by atoms with Crippen molar-refractivity contribution in [3.63, 3.8) is 0 Å². The highest BCUT2D eigenvalue weighted by Gasteiger charge is 2.12. The summed E-state index contributed by atoms with van der Waals surface area (Å²) in [4.78, 5) is 10.3. The van der Waals surface area contributed by atoms with Crippen molar-refractivity contribution in [2.24, 2.45) is 7.05 Å². The fourth-order valence-electron chi connectivity index (χ4n) is 1.08. The number of carboxylic acid groups (broad SMARTS) is 1. The first-order valence-electron chi connectivity index (χ1n) is 4.26. The van der Waals surface area contributed by atoms with Gasteiger partial charge in [0.25, 0.3) is 0 Å². The van der Waals surface area contributed by atoms with Crippen LogP contribution in [0.15, 0.2) is 5.16 Å². The molecule has 1 aromatic heterocycles. The minimum atomic E-state index is -0.843. The number of hydrogen-bond donors (Lipinski definition) is 1. The maximum atomic E-state index is 10.3. The van der Waals surface area contributed by atoms with E-state index in [4.69, 9.17) is 5.11 Å². The smallest absolute Gasteiger partial charge is 0.313 e. The molecule has 0 fully saturated rings. The normalized spacial score (nSPS) is 10.9. The van der Waals surface area contributed by atoms with E-state index in [2.05, 4.69) is 10.2 Å². The van der Waals surface area contributed by atoms with Crippen molar-refractivity contribution in [1.29, 1.82) is 0 Å². The first-order valence-corrected chi connectivity index (χ1v) is 5.24. The number of carboxylic acids is 1. The molecule has 0 amide bonds. The maximum absolute atomic E-state index is 10.3. The summed E-state index contributed by atoms with van der Waals surface area (Å²) >= 11 is 1.18. The second kappa shape index (κ2) is 4.45. The zero-order valence-electron chi connectivity index (χ0n) is 8.39. The van der Waals surface area contributed by atoms with Crippen LogP contribution >= 0.6 is 11.8 Å². The van der Waals surface area contributed by atoms with Gasteiger partial charge in [-0.1, -0.05) is 25.6 Å². The largest absolute Gasteiger partial charge is 0.481 e. The SMILES string of the molecule is CC(C)c1nnc(SCC(=O)O)n1C. The van der Waals surface area contributed by atoms with Gasteiger partial charge in [0.1, 0.15) is 5.82 Å². The quantitative estimate of drug-likeness (QED) is 0.762. The zero-order valence-corrected chi connectivity index (χ0v) is 9.21. The lowest BCUT2D eigenvalue weighted by Crippen LogP contribution is -2.03. The maximum Gasteiger partial charge on any atom is 0.313 e. The van der Waals surface area contributed by atoms with E-state index >= 15 is 0 Å². The van der Waals surface area contributed by atoms with Crippen LogP contribution in [0.1, 0.15) is 25.6 Å². The van der Waals surface area contributed by atoms with Crippen molar-refractivity contribution >= 4 is 17.7 Å². The summed E-state index contributed by atoms with van der Waals surface area (Å²) in [6.07, 6.45) is 0. The molecule has 0 aliphatic heterocycles. The summed E-state index contributed by atoms with van der Waals surface area (Å²) in [7, 11) is 1.85. The average Bonchev–Trinajstić information content (AvgIpc) is 2.43. The Morgan fingerprint density at radius 1 is 1.57 bits per heavy atom. The van der Waals surface area contributed by atoms with Crippen LogP contribution in [-0.2, 0) is 11.8 Å². The number of carbonyl (C=O) groups is 1. The zero-order chi connectivity index (χ0) is 10.7. The van der Waals surface area contributed by atoms with Crippen LogP contribution < -0.4 is 0 Å². The van der Waals surface area contributed by atoms with Gasteiger partial charge in [0, 0.05) is 13.0 Å². The third kappa shape index (κ3) is 2.47. The van der Waals surface area contributed by atoms with Crippen LogP contribution in [0.3, 0.4) is 0 Å². The van der Waals surface area contributed by atoms with Gasteiger partial charge in [-0.15, -0.1) is 10.2 Å². The van der Waals surface area contributed by atoms with Crippen molar-refractivity contribution in [3.8, 4) is 0 Å². The highest BCUT2D eigenvalue weighted by atomic mass is 32.2. The lowest BCUT2D eigenvalue weighted by Gasteiger charge is -2.04. The third-order valence-electron chi connectivity index (χ3n) is 1.71. The number of aromatic nitrogens is 3. The topological polar surface area (TPSA) is 68.0 Å². The molecule has 0 radical (unpaired) electrons. The van der Waals surface area contributed by atoms with E-state index in [1.54, 1.807) is 0 Å². The van der Waals surface area contributed by atoms with Gasteiger partial charge >= 0.3 is 5.97 Å². The Labute approximate surface area is 86.5 Å². The van der Waals surface area contributed by atoms with Crippen molar-refractivity contribution in [3.05, 3.63) is 5.82 Å². The molecule has 0 aliphatic rings. The van der Waals surface area contributed by atoms with Crippen LogP contribution in [0.5, 0.6) is 0 Å². The molecule has 1 aromatic rings. The summed E-state index contributed by atoms with van der Waals surface area (Å²) in [5, 5.41) is 17.1. The monoisotopic (exact) mass is 215 g/mol. The summed E-state index contributed by atoms with van der Waals surface area (Å²) in [5.74, 6) is 0.345. The first-order chi connectivity index (χ1) is 6.52. The predicted molar refractivity (Wildman–Crippen MR) is 53.5 cm³/mol. The molecule has 1 N–H and O–H groups in total. The van der Waals surface area contributed by atoms with Gasteiger partial charge < -0.3 is 9.67 Å². The number of nitrogens with zero attached hydrogens (tertiary/aromatic N) is 3. The van der Waals surface area contributed by atoms with E-state index in [1.807, 2.05) is 25.5 Å². The van der Waals surface area contributed by atoms with E-state index in [-0.39, 0.29) is 5.75 Å². The molecule has 5 nitrogen and oxygen atoms in total. The van der Waals surface area contributed by atoms with Gasteiger partial charge in [0.2, 0.25) is 0 Å². The summed E-state index contributed by atoms with van der Waals surface area (Å²) in [6.45, 7) is 4.05. The first kappa shape index (κ1) is 11.0. The summed E-state index contributed by atoms with van der Waals surface area (Å²) < 4.78 is 1.83. The molecule has 0 atom stereocenters. The van der Waals surface area contributed by atoms with Gasteiger partial charge in [-0.3, -0.25) is 4.79 Å². The Balaban J connectivity index is 2.74. The van der Waals surface area contributed by atoms with E-state index in [9.17, 15) is 4.79 Å². The molecule has 0 saturated heterocycles. The van der Waals surface area contributed by atoms with Gasteiger partial charge in [-0.25, -0.2) is 0 Å². The molecule has 0 saturated carbocycles. The Kier molecular flexibility index (Phi) is 3.51. The lowest BCUT2D eigenvalue weighted by atomic mass is 10.2. The Morgan fingerprint density at radius 3 is 2.64 bits per heavy atom. The second-order valence-electron chi connectivity index (χ2n) is 3.24. The molecule has 6 heteroatoms. The van der Waals surface area contributed by atoms with E-state index < -0.39 is 5.97 Å². The highest BCUT2D eigenvalue weighted by Crippen LogP contribution is 2.19. The second-order valence-corrected chi connectivity index (χ2v) is 4.18. The van der Waals surface area contributed by atoms with Crippen LogP contribution in [0.2, 0.25) is 0 Å². The molecule has 0 spiro atoms. The van der Waals surface area contributed by atoms with Gasteiger partial charge in [-0.05, 0) is 0 Å². The molecule has 0 aromatic carbocycles. The number of aliphatic carboxylic acids is 1. The van der Waals surface area contributed by atoms with Crippen LogP contribution in [-0.4, -0.2) is 31.6 Å². The molecule has 78 valence electrons. The number of thioether (sulfide) groups is 1. The molecule has 1 heterocycles. The molecule has 0 unspecified atom stereocenters. The average molecular weight is 215 g/mol. The summed E-state index contributed by atoms with van der Waals surface area (Å²) in [5.41, 5.74) is 0. The van der Waals surface area contributed by atoms with Crippen LogP contribution in [0, 0.1) is 0 Å². The van der Waals surface area contributed by atoms with E-state index in [0.717, 1.165) is 5.82 Å². The fourth-order valence-corrected chi connectivity index (χ4v) is 1.72. The Morgan fingerprint density at radius 2 is 2.21 bits per heavy atom. The number of hydrogen-bond acceptors (Lipinski definition) is 4. The number of rotatable bonds is 4. The molecular weight excluding hydrogens is 202 g/mol. The van der Waals surface area contributed by atoms with E-state index in [1.165, 1.54) is 11.8 Å². The van der Waals surface area contributed by atoms with Gasteiger partial charge in [0.15, 0.2) is 5.16 Å². The molecule has 0 bridgehead atoms. The highest BCUT2D eigenvalue weighted by molar-refractivity contribution is 7.99. The Bertz CT molecular complexity index is 335. The van der Waals surface area contributed by atoms with Crippen molar-refractivity contribution < 1.29 is 9.90 Å². The standard InChI is InChI=1S/C8H13N3O2S/c1-5(2)7-9-10-8(11(7)3)14-4-6(12)13/h5H,4H2,1-3H3,(H,12,13). The minimum Gasteiger partial charge on any atom is -0.481 e. The van der Waals surface area contributed by atoms with Crippen molar-refractivity contribution in [2.75, 3.05) is 5.75 Å². The Hall–Kier alpha value is -1.04. The van der Waals surface area contributed by atoms with Gasteiger partial charge in [0.05, 0.1) is 5.75 Å². The van der Waals surface area contributed by atoms with Crippen LogP contribution in [0.4, 0.5) is 0 Å². The van der Waals surface area contributed by atoms with Crippen molar-refractivity contribution in [1.82, 2.24) is 14.8 Å².